The summed E-state index contributed by atoms with van der Waals surface area (Å²) in [5, 5.41) is 6.58. The third-order valence-corrected chi connectivity index (χ3v) is 3.38. The Hall–Kier alpha value is -1.35. The van der Waals surface area contributed by atoms with Crippen molar-refractivity contribution < 1.29 is 4.74 Å². The van der Waals surface area contributed by atoms with Crippen LogP contribution in [0.3, 0.4) is 0 Å². The van der Waals surface area contributed by atoms with Gasteiger partial charge in [0.2, 0.25) is 0 Å². The highest BCUT2D eigenvalue weighted by atomic mass is 127. The summed E-state index contributed by atoms with van der Waals surface area (Å²) >= 11 is 0. The Kier molecular flexibility index (Phi) is 8.93. The molecule has 0 aliphatic carbocycles. The van der Waals surface area contributed by atoms with Gasteiger partial charge < -0.3 is 19.9 Å². The van der Waals surface area contributed by atoms with Crippen molar-refractivity contribution in [3.8, 4) is 0 Å². The highest BCUT2D eigenvalue weighted by Gasteiger charge is 2.06. The predicted molar refractivity (Wildman–Crippen MR) is 106 cm³/mol. The first kappa shape index (κ1) is 19.7. The largest absolute Gasteiger partial charge is 0.383 e. The van der Waals surface area contributed by atoms with Crippen molar-refractivity contribution in [3.63, 3.8) is 0 Å². The molecule has 0 saturated heterocycles. The number of guanidine groups is 1. The molecule has 1 aromatic carbocycles. The molecular weight excluding hydrogens is 405 g/mol. The molecule has 0 bridgehead atoms. The molecule has 0 radical (unpaired) electrons. The zero-order chi connectivity index (χ0) is 15.8. The Morgan fingerprint density at radius 1 is 1.30 bits per heavy atom. The van der Waals surface area contributed by atoms with Crippen LogP contribution in [0.15, 0.2) is 29.3 Å². The number of imidazole rings is 1. The number of nitrogens with one attached hydrogen (secondary N) is 2. The number of aliphatic imine (C=N–C) groups is 1. The summed E-state index contributed by atoms with van der Waals surface area (Å²) in [6, 6.07) is 8.21. The van der Waals surface area contributed by atoms with Crippen molar-refractivity contribution in [2.75, 3.05) is 33.4 Å². The van der Waals surface area contributed by atoms with Crippen molar-refractivity contribution in [2.45, 2.75) is 20.4 Å². The van der Waals surface area contributed by atoms with Gasteiger partial charge in [-0.05, 0) is 26.0 Å². The molecule has 0 unspecified atom stereocenters. The Morgan fingerprint density at radius 3 is 2.83 bits per heavy atom. The van der Waals surface area contributed by atoms with Crippen LogP contribution in [0.1, 0.15) is 12.7 Å². The van der Waals surface area contributed by atoms with E-state index in [1.807, 2.05) is 25.1 Å². The zero-order valence-electron chi connectivity index (χ0n) is 14.0. The molecular formula is C16H26IN5O. The fourth-order valence-electron chi connectivity index (χ4n) is 2.35. The van der Waals surface area contributed by atoms with Gasteiger partial charge in [-0.15, -0.1) is 24.0 Å². The van der Waals surface area contributed by atoms with E-state index in [4.69, 9.17) is 4.74 Å². The van der Waals surface area contributed by atoms with E-state index in [2.05, 4.69) is 38.2 Å². The van der Waals surface area contributed by atoms with Gasteiger partial charge in [0.1, 0.15) is 5.82 Å². The van der Waals surface area contributed by atoms with Crippen LogP contribution in [-0.2, 0) is 11.3 Å². The maximum Gasteiger partial charge on any atom is 0.191 e. The minimum absolute atomic E-state index is 0. The number of aromatic nitrogens is 2. The first-order valence-corrected chi connectivity index (χ1v) is 7.69. The van der Waals surface area contributed by atoms with Crippen molar-refractivity contribution in [1.29, 1.82) is 0 Å². The number of methoxy groups -OCH3 is 1. The van der Waals surface area contributed by atoms with Gasteiger partial charge in [-0.2, -0.15) is 0 Å². The predicted octanol–water partition coefficient (Wildman–Crippen LogP) is 2.16. The topological polar surface area (TPSA) is 63.5 Å². The third-order valence-electron chi connectivity index (χ3n) is 3.38. The van der Waals surface area contributed by atoms with Crippen molar-refractivity contribution in [3.05, 3.63) is 30.1 Å². The van der Waals surface area contributed by atoms with Crippen LogP contribution in [0, 0.1) is 6.92 Å². The number of fused-ring (bicyclic) bond motifs is 1. The van der Waals surface area contributed by atoms with Gasteiger partial charge in [0, 0.05) is 26.7 Å². The first-order valence-electron chi connectivity index (χ1n) is 7.69. The van der Waals surface area contributed by atoms with Crippen LogP contribution in [0.5, 0.6) is 0 Å². The molecule has 1 heterocycles. The molecule has 0 amide bonds. The fourth-order valence-corrected chi connectivity index (χ4v) is 2.35. The molecule has 2 N–H and O–H groups in total. The average Bonchev–Trinajstić information content (AvgIpc) is 2.83. The SMILES string of the molecule is CCNC(=NCCOC)NCCn1c(C)nc2ccccc21.I. The number of halogens is 1. The quantitative estimate of drug-likeness (QED) is 0.305. The molecule has 0 spiro atoms. The van der Waals surface area contributed by atoms with Crippen LogP contribution in [0.2, 0.25) is 0 Å². The summed E-state index contributed by atoms with van der Waals surface area (Å²) in [6.45, 7) is 7.85. The van der Waals surface area contributed by atoms with Crippen molar-refractivity contribution >= 4 is 41.0 Å². The molecule has 2 rings (SSSR count). The van der Waals surface area contributed by atoms with E-state index in [0.29, 0.717) is 13.2 Å². The first-order chi connectivity index (χ1) is 10.8. The number of hydrogen-bond donors (Lipinski definition) is 2. The zero-order valence-corrected chi connectivity index (χ0v) is 16.3. The summed E-state index contributed by atoms with van der Waals surface area (Å²) in [5.74, 6) is 1.85. The van der Waals surface area contributed by atoms with Gasteiger partial charge in [0.25, 0.3) is 0 Å². The molecule has 0 fully saturated rings. The van der Waals surface area contributed by atoms with Gasteiger partial charge in [-0.25, -0.2) is 4.98 Å². The minimum Gasteiger partial charge on any atom is -0.383 e. The third kappa shape index (κ3) is 5.65. The van der Waals surface area contributed by atoms with E-state index in [1.165, 1.54) is 5.52 Å². The van der Waals surface area contributed by atoms with E-state index >= 15 is 0 Å². The average molecular weight is 431 g/mol. The standard InChI is InChI=1S/C16H25N5O.HI/c1-4-17-16(19-10-12-22-3)18-9-11-21-13(2)20-14-7-5-6-8-15(14)21;/h5-8H,4,9-12H2,1-3H3,(H2,17,18,19);1H. The molecule has 7 heteroatoms. The monoisotopic (exact) mass is 431 g/mol. The van der Waals surface area contributed by atoms with Gasteiger partial charge in [-0.3, -0.25) is 4.99 Å². The van der Waals surface area contributed by atoms with E-state index in [-0.39, 0.29) is 24.0 Å². The molecule has 2 aromatic rings. The van der Waals surface area contributed by atoms with E-state index in [9.17, 15) is 0 Å². The van der Waals surface area contributed by atoms with Gasteiger partial charge in [0.15, 0.2) is 5.96 Å². The molecule has 0 saturated carbocycles. The summed E-state index contributed by atoms with van der Waals surface area (Å²) in [4.78, 5) is 9.03. The Labute approximate surface area is 154 Å². The number of hydrogen-bond acceptors (Lipinski definition) is 3. The lowest BCUT2D eigenvalue weighted by atomic mass is 10.3. The van der Waals surface area contributed by atoms with Crippen molar-refractivity contribution in [1.82, 2.24) is 20.2 Å². The Balaban J connectivity index is 0.00000264. The van der Waals surface area contributed by atoms with Crippen LogP contribution >= 0.6 is 24.0 Å². The number of benzene rings is 1. The second-order valence-electron chi connectivity index (χ2n) is 4.98. The van der Waals surface area contributed by atoms with E-state index < -0.39 is 0 Å². The second-order valence-corrected chi connectivity index (χ2v) is 4.98. The lowest BCUT2D eigenvalue weighted by molar-refractivity contribution is 0.208. The minimum atomic E-state index is 0. The van der Waals surface area contributed by atoms with Crippen LogP contribution in [0.25, 0.3) is 11.0 Å². The van der Waals surface area contributed by atoms with E-state index in [0.717, 1.165) is 36.9 Å². The van der Waals surface area contributed by atoms with E-state index in [1.54, 1.807) is 7.11 Å². The maximum absolute atomic E-state index is 5.02. The molecule has 1 aromatic heterocycles. The summed E-state index contributed by atoms with van der Waals surface area (Å²) in [7, 11) is 1.68. The lowest BCUT2D eigenvalue weighted by Crippen LogP contribution is -2.39. The lowest BCUT2D eigenvalue weighted by Gasteiger charge is -2.12. The molecule has 0 aliphatic rings. The summed E-state index contributed by atoms with van der Waals surface area (Å²) in [5.41, 5.74) is 2.21. The number of ether oxygens (including phenoxy) is 1. The van der Waals surface area contributed by atoms with Crippen LogP contribution in [0.4, 0.5) is 0 Å². The van der Waals surface area contributed by atoms with Gasteiger partial charge in [-0.1, -0.05) is 12.1 Å². The smallest absolute Gasteiger partial charge is 0.191 e. The van der Waals surface area contributed by atoms with Gasteiger partial charge in [0.05, 0.1) is 24.2 Å². The number of para-hydroxylation sites is 2. The number of aryl methyl sites for hydroxylation is 1. The van der Waals surface area contributed by atoms with Crippen LogP contribution < -0.4 is 10.6 Å². The molecule has 0 atom stereocenters. The number of rotatable bonds is 7. The summed E-state index contributed by atoms with van der Waals surface area (Å²) in [6.07, 6.45) is 0. The summed E-state index contributed by atoms with van der Waals surface area (Å²) < 4.78 is 7.25. The Bertz CT molecular complexity index is 626. The highest BCUT2D eigenvalue weighted by Crippen LogP contribution is 2.14. The maximum atomic E-state index is 5.02. The van der Waals surface area contributed by atoms with Gasteiger partial charge >= 0.3 is 0 Å². The molecule has 128 valence electrons. The highest BCUT2D eigenvalue weighted by molar-refractivity contribution is 14.0. The number of nitrogens with zero attached hydrogens (tertiary/aromatic N) is 3. The molecule has 6 nitrogen and oxygen atoms in total. The normalized spacial score (nSPS) is 11.3. The van der Waals surface area contributed by atoms with Crippen LogP contribution in [-0.4, -0.2) is 48.9 Å². The fraction of sp³-hybridized carbons (Fsp3) is 0.500. The second kappa shape index (κ2) is 10.4. The van der Waals surface area contributed by atoms with Crippen molar-refractivity contribution in [2.24, 2.45) is 4.99 Å². The Morgan fingerprint density at radius 2 is 2.09 bits per heavy atom. The molecule has 0 aliphatic heterocycles. The molecule has 23 heavy (non-hydrogen) atoms.